The lowest BCUT2D eigenvalue weighted by Gasteiger charge is -2.25. The lowest BCUT2D eigenvalue weighted by Crippen LogP contribution is -2.37. The Morgan fingerprint density at radius 2 is 2.08 bits per heavy atom. The molecule has 2 aromatic rings. The molecule has 2 amide bonds. The van der Waals surface area contributed by atoms with Crippen LogP contribution in [0.15, 0.2) is 42.6 Å². The number of benzene rings is 1. The molecule has 2 rings (SSSR count). The number of hydrogen-bond donors (Lipinski definition) is 2. The Balaban J connectivity index is 2.01. The number of carbonyl (C=O) groups excluding carboxylic acids is 1. The zero-order valence-electron chi connectivity index (χ0n) is 15.7. The highest BCUT2D eigenvalue weighted by Crippen LogP contribution is 2.23. The third-order valence-corrected chi connectivity index (χ3v) is 3.86. The van der Waals surface area contributed by atoms with Crippen molar-refractivity contribution in [2.45, 2.75) is 13.0 Å². The molecule has 0 saturated carbocycles. The molecule has 0 aliphatic carbocycles. The maximum absolute atomic E-state index is 12.3. The average Bonchev–Trinajstić information content (AvgIpc) is 2.63. The fourth-order valence-corrected chi connectivity index (χ4v) is 2.54. The Morgan fingerprint density at radius 1 is 1.27 bits per heavy atom. The summed E-state index contributed by atoms with van der Waals surface area (Å²) >= 11 is 0. The lowest BCUT2D eigenvalue weighted by molar-refractivity contribution is 0.243. The number of amides is 2. The minimum Gasteiger partial charge on any atom is -0.497 e. The molecule has 26 heavy (non-hydrogen) atoms. The summed E-state index contributed by atoms with van der Waals surface area (Å²) in [5, 5.41) is 5.68. The van der Waals surface area contributed by atoms with Gasteiger partial charge >= 0.3 is 6.03 Å². The summed E-state index contributed by atoms with van der Waals surface area (Å²) in [6.45, 7) is 2.79. The summed E-state index contributed by atoms with van der Waals surface area (Å²) in [5.41, 5.74) is 1.60. The van der Waals surface area contributed by atoms with Gasteiger partial charge in [-0.05, 0) is 50.8 Å². The Labute approximate surface area is 154 Å². The summed E-state index contributed by atoms with van der Waals surface area (Å²) in [4.78, 5) is 18.5. The third-order valence-electron chi connectivity index (χ3n) is 3.86. The summed E-state index contributed by atoms with van der Waals surface area (Å²) in [6.07, 6.45) is 1.62. The van der Waals surface area contributed by atoms with Crippen molar-refractivity contribution in [3.63, 3.8) is 0 Å². The maximum Gasteiger partial charge on any atom is 0.319 e. The van der Waals surface area contributed by atoms with Gasteiger partial charge in [0.2, 0.25) is 5.88 Å². The van der Waals surface area contributed by atoms with Gasteiger partial charge in [0.25, 0.3) is 0 Å². The van der Waals surface area contributed by atoms with Crippen LogP contribution in [0.2, 0.25) is 0 Å². The minimum atomic E-state index is -0.311. The molecule has 0 saturated heterocycles. The van der Waals surface area contributed by atoms with Gasteiger partial charge in [-0.1, -0.05) is 12.1 Å². The molecule has 1 aromatic heterocycles. The van der Waals surface area contributed by atoms with Crippen molar-refractivity contribution in [2.24, 2.45) is 0 Å². The van der Waals surface area contributed by atoms with Crippen LogP contribution in [-0.4, -0.2) is 50.3 Å². The van der Waals surface area contributed by atoms with E-state index in [9.17, 15) is 4.79 Å². The monoisotopic (exact) mass is 358 g/mol. The highest BCUT2D eigenvalue weighted by atomic mass is 16.5. The molecule has 140 valence electrons. The number of likely N-dealkylation sites (N-methyl/N-ethyl adjacent to an activating group) is 1. The summed E-state index contributed by atoms with van der Waals surface area (Å²) in [5.74, 6) is 1.19. The quantitative estimate of drug-likeness (QED) is 0.759. The standard InChI is InChI=1S/C19H26N4O3/c1-5-26-18-16(10-7-11-20-18)22-19(24)21-13-17(23(2)3)14-8-6-9-15(12-14)25-4/h6-12,17H,5,13H2,1-4H3,(H2,21,22,24). The van der Waals surface area contributed by atoms with E-state index < -0.39 is 0 Å². The van der Waals surface area contributed by atoms with Gasteiger partial charge in [0.1, 0.15) is 11.4 Å². The molecule has 2 N–H and O–H groups in total. The SMILES string of the molecule is CCOc1ncccc1NC(=O)NCC(c1cccc(OC)c1)N(C)C. The Morgan fingerprint density at radius 3 is 2.77 bits per heavy atom. The van der Waals surface area contributed by atoms with Crippen LogP contribution in [-0.2, 0) is 0 Å². The van der Waals surface area contributed by atoms with E-state index in [-0.39, 0.29) is 12.1 Å². The molecule has 0 fully saturated rings. The number of pyridine rings is 1. The molecule has 0 aliphatic rings. The van der Waals surface area contributed by atoms with Crippen LogP contribution in [0, 0.1) is 0 Å². The van der Waals surface area contributed by atoms with Crippen LogP contribution in [0.5, 0.6) is 11.6 Å². The van der Waals surface area contributed by atoms with E-state index >= 15 is 0 Å². The number of methoxy groups -OCH3 is 1. The van der Waals surface area contributed by atoms with E-state index in [1.54, 1.807) is 25.4 Å². The van der Waals surface area contributed by atoms with Gasteiger partial charge in [0, 0.05) is 12.7 Å². The fraction of sp³-hybridized carbons (Fsp3) is 0.368. The molecule has 7 heteroatoms. The second-order valence-electron chi connectivity index (χ2n) is 5.88. The topological polar surface area (TPSA) is 75.7 Å². The number of nitrogens with zero attached hydrogens (tertiary/aromatic N) is 2. The first kappa shape index (κ1) is 19.5. The van der Waals surface area contributed by atoms with Crippen LogP contribution in [0.3, 0.4) is 0 Å². The van der Waals surface area contributed by atoms with Crippen LogP contribution in [0.1, 0.15) is 18.5 Å². The van der Waals surface area contributed by atoms with E-state index in [4.69, 9.17) is 9.47 Å². The van der Waals surface area contributed by atoms with Crippen LogP contribution < -0.4 is 20.1 Å². The van der Waals surface area contributed by atoms with E-state index in [0.717, 1.165) is 11.3 Å². The zero-order valence-corrected chi connectivity index (χ0v) is 15.7. The van der Waals surface area contributed by atoms with E-state index in [0.29, 0.717) is 24.7 Å². The average molecular weight is 358 g/mol. The highest BCUT2D eigenvalue weighted by molar-refractivity contribution is 5.90. The van der Waals surface area contributed by atoms with E-state index in [1.165, 1.54) is 0 Å². The number of anilines is 1. The van der Waals surface area contributed by atoms with Crippen molar-refractivity contribution in [2.75, 3.05) is 39.7 Å². The lowest BCUT2D eigenvalue weighted by atomic mass is 10.1. The predicted octanol–water partition coefficient (Wildman–Crippen LogP) is 2.91. The smallest absolute Gasteiger partial charge is 0.319 e. The Bertz CT molecular complexity index is 721. The number of aromatic nitrogens is 1. The largest absolute Gasteiger partial charge is 0.497 e. The Hall–Kier alpha value is -2.80. The molecular weight excluding hydrogens is 332 g/mol. The second-order valence-corrected chi connectivity index (χ2v) is 5.88. The molecule has 0 radical (unpaired) electrons. The van der Waals surface area contributed by atoms with Gasteiger partial charge in [-0.25, -0.2) is 9.78 Å². The summed E-state index contributed by atoms with van der Waals surface area (Å²) in [6, 6.07) is 11.0. The first-order valence-corrected chi connectivity index (χ1v) is 8.48. The van der Waals surface area contributed by atoms with Crippen molar-refractivity contribution >= 4 is 11.7 Å². The fourth-order valence-electron chi connectivity index (χ4n) is 2.54. The number of carbonyl (C=O) groups is 1. The zero-order chi connectivity index (χ0) is 18.9. The van der Waals surface area contributed by atoms with Gasteiger partial charge in [-0.15, -0.1) is 0 Å². The highest BCUT2D eigenvalue weighted by Gasteiger charge is 2.16. The van der Waals surface area contributed by atoms with E-state index in [2.05, 4.69) is 15.6 Å². The molecular formula is C19H26N4O3. The first-order chi connectivity index (χ1) is 12.5. The second kappa shape index (κ2) is 9.62. The molecule has 1 heterocycles. The van der Waals surface area contributed by atoms with Crippen molar-refractivity contribution in [3.8, 4) is 11.6 Å². The Kier molecular flexibility index (Phi) is 7.23. The molecule has 0 aliphatic heterocycles. The van der Waals surface area contributed by atoms with Crippen molar-refractivity contribution in [3.05, 3.63) is 48.2 Å². The first-order valence-electron chi connectivity index (χ1n) is 8.48. The summed E-state index contributed by atoms with van der Waals surface area (Å²) in [7, 11) is 5.58. The molecule has 0 bridgehead atoms. The van der Waals surface area contributed by atoms with Gasteiger partial charge in [0.15, 0.2) is 0 Å². The predicted molar refractivity (Wildman–Crippen MR) is 102 cm³/mol. The molecule has 1 unspecified atom stereocenters. The molecule has 7 nitrogen and oxygen atoms in total. The number of rotatable bonds is 8. The molecule has 1 aromatic carbocycles. The van der Waals surface area contributed by atoms with Gasteiger partial charge in [0.05, 0.1) is 19.8 Å². The van der Waals surface area contributed by atoms with Crippen molar-refractivity contribution in [1.82, 2.24) is 15.2 Å². The molecule has 0 spiro atoms. The van der Waals surface area contributed by atoms with Crippen LogP contribution in [0.25, 0.3) is 0 Å². The van der Waals surface area contributed by atoms with Gasteiger partial charge in [-0.2, -0.15) is 0 Å². The number of nitrogens with one attached hydrogen (secondary N) is 2. The van der Waals surface area contributed by atoms with Gasteiger partial charge in [-0.3, -0.25) is 0 Å². The number of ether oxygens (including phenoxy) is 2. The maximum atomic E-state index is 12.3. The molecule has 1 atom stereocenters. The van der Waals surface area contributed by atoms with Crippen LogP contribution >= 0.6 is 0 Å². The summed E-state index contributed by atoms with van der Waals surface area (Å²) < 4.78 is 10.7. The number of hydrogen-bond acceptors (Lipinski definition) is 5. The van der Waals surface area contributed by atoms with Gasteiger partial charge < -0.3 is 25.0 Å². The third kappa shape index (κ3) is 5.35. The minimum absolute atomic E-state index is 0.0103. The normalized spacial score (nSPS) is 11.7. The number of urea groups is 1. The van der Waals surface area contributed by atoms with E-state index in [1.807, 2.05) is 50.2 Å². The van der Waals surface area contributed by atoms with Crippen molar-refractivity contribution < 1.29 is 14.3 Å². The van der Waals surface area contributed by atoms with Crippen LogP contribution in [0.4, 0.5) is 10.5 Å². The van der Waals surface area contributed by atoms with Crippen molar-refractivity contribution in [1.29, 1.82) is 0 Å².